The highest BCUT2D eigenvalue weighted by atomic mass is 15.4. The van der Waals surface area contributed by atoms with E-state index < -0.39 is 0 Å². The molecule has 0 unspecified atom stereocenters. The summed E-state index contributed by atoms with van der Waals surface area (Å²) in [6.45, 7) is 4.64. The molecule has 2 heteroatoms. The van der Waals surface area contributed by atoms with Gasteiger partial charge in [-0.25, -0.2) is 0 Å². The van der Waals surface area contributed by atoms with Crippen molar-refractivity contribution in [1.82, 2.24) is 5.01 Å². The van der Waals surface area contributed by atoms with E-state index in [1.807, 2.05) is 0 Å². The fourth-order valence-electron chi connectivity index (χ4n) is 3.24. The van der Waals surface area contributed by atoms with Crippen LogP contribution in [-0.4, -0.2) is 24.3 Å². The van der Waals surface area contributed by atoms with Crippen molar-refractivity contribution in [2.24, 2.45) is 5.10 Å². The maximum Gasteiger partial charge on any atom is 0.0360 e. The zero-order valence-electron chi connectivity index (χ0n) is 15.2. The van der Waals surface area contributed by atoms with Crippen LogP contribution in [0.25, 0.3) is 0 Å². The van der Waals surface area contributed by atoms with Gasteiger partial charge in [0.25, 0.3) is 0 Å². The highest BCUT2D eigenvalue weighted by Crippen LogP contribution is 2.12. The van der Waals surface area contributed by atoms with E-state index in [0.29, 0.717) is 0 Å². The summed E-state index contributed by atoms with van der Waals surface area (Å²) in [6.07, 6.45) is 24.4. The average molecular weight is 309 g/mol. The Balaban J connectivity index is 1.79. The number of hydrogen-bond donors (Lipinski definition) is 0. The fourth-order valence-corrected chi connectivity index (χ4v) is 3.24. The summed E-state index contributed by atoms with van der Waals surface area (Å²) in [5.41, 5.74) is 0. The van der Waals surface area contributed by atoms with E-state index in [9.17, 15) is 0 Å². The third-order valence-corrected chi connectivity index (χ3v) is 4.76. The Morgan fingerprint density at radius 1 is 0.682 bits per heavy atom. The van der Waals surface area contributed by atoms with Gasteiger partial charge in [-0.1, -0.05) is 84.0 Å². The van der Waals surface area contributed by atoms with Gasteiger partial charge in [-0.05, 0) is 25.7 Å². The molecule has 0 aliphatic carbocycles. The highest BCUT2D eigenvalue weighted by Gasteiger charge is 2.04. The predicted molar refractivity (Wildman–Crippen MR) is 99.6 cm³/mol. The lowest BCUT2D eigenvalue weighted by Gasteiger charge is -2.15. The summed E-state index contributed by atoms with van der Waals surface area (Å²) in [5.74, 6) is 0. The summed E-state index contributed by atoms with van der Waals surface area (Å²) in [5, 5.41) is 6.92. The molecule has 1 aliphatic heterocycles. The van der Waals surface area contributed by atoms with Crippen molar-refractivity contribution < 1.29 is 0 Å². The molecule has 1 saturated heterocycles. The SMILES string of the molecule is CCCCCCCCCCCCC/C=N/N1CCCCCC1. The van der Waals surface area contributed by atoms with Gasteiger partial charge in [0, 0.05) is 19.3 Å². The van der Waals surface area contributed by atoms with Crippen molar-refractivity contribution in [3.63, 3.8) is 0 Å². The molecule has 1 rings (SSSR count). The molecule has 0 aromatic heterocycles. The molecule has 22 heavy (non-hydrogen) atoms. The maximum absolute atomic E-state index is 4.63. The summed E-state index contributed by atoms with van der Waals surface area (Å²) in [4.78, 5) is 0. The minimum absolute atomic E-state index is 1.17. The van der Waals surface area contributed by atoms with Gasteiger partial charge in [0.1, 0.15) is 0 Å². The second kappa shape index (κ2) is 15.4. The number of rotatable bonds is 13. The van der Waals surface area contributed by atoms with Gasteiger partial charge >= 0.3 is 0 Å². The third-order valence-electron chi connectivity index (χ3n) is 4.76. The largest absolute Gasteiger partial charge is 0.297 e. The van der Waals surface area contributed by atoms with Gasteiger partial charge in [0.05, 0.1) is 0 Å². The van der Waals surface area contributed by atoms with Gasteiger partial charge in [0.15, 0.2) is 0 Å². The molecule has 0 atom stereocenters. The summed E-state index contributed by atoms with van der Waals surface area (Å²) < 4.78 is 0. The van der Waals surface area contributed by atoms with E-state index in [1.54, 1.807) is 0 Å². The summed E-state index contributed by atoms with van der Waals surface area (Å²) in [6, 6.07) is 0. The van der Waals surface area contributed by atoms with Crippen LogP contribution in [0.1, 0.15) is 110 Å². The van der Waals surface area contributed by atoms with E-state index in [-0.39, 0.29) is 0 Å². The fraction of sp³-hybridized carbons (Fsp3) is 0.950. The molecule has 0 N–H and O–H groups in total. The molecule has 0 saturated carbocycles. The second-order valence-corrected chi connectivity index (χ2v) is 6.99. The maximum atomic E-state index is 4.63. The normalized spacial score (nSPS) is 16.3. The highest BCUT2D eigenvalue weighted by molar-refractivity contribution is 5.56. The number of unbranched alkanes of at least 4 members (excludes halogenated alkanes) is 11. The van der Waals surface area contributed by atoms with Crippen molar-refractivity contribution in [2.75, 3.05) is 13.1 Å². The number of hydrogen-bond acceptors (Lipinski definition) is 2. The van der Waals surface area contributed by atoms with Crippen molar-refractivity contribution in [1.29, 1.82) is 0 Å². The van der Waals surface area contributed by atoms with Crippen molar-refractivity contribution in [3.05, 3.63) is 0 Å². The minimum atomic E-state index is 1.17. The molecule has 1 aliphatic rings. The van der Waals surface area contributed by atoms with Gasteiger partial charge in [-0.3, -0.25) is 5.01 Å². The van der Waals surface area contributed by atoms with Gasteiger partial charge in [-0.2, -0.15) is 5.10 Å². The second-order valence-electron chi connectivity index (χ2n) is 6.99. The van der Waals surface area contributed by atoms with Crippen LogP contribution in [0, 0.1) is 0 Å². The van der Waals surface area contributed by atoms with Gasteiger partial charge in [-0.15, -0.1) is 0 Å². The zero-order chi connectivity index (χ0) is 15.7. The molecule has 1 fully saturated rings. The first-order chi connectivity index (χ1) is 10.9. The predicted octanol–water partition coefficient (Wildman–Crippen LogP) is 6.55. The van der Waals surface area contributed by atoms with Crippen LogP contribution >= 0.6 is 0 Å². The standard InChI is InChI=1S/C20H40N2/c1-2-3-4-5-6-7-8-9-10-11-12-15-18-21-22-19-16-13-14-17-20-22/h18H,2-17,19-20H2,1H3/b21-18+. The lowest BCUT2D eigenvalue weighted by atomic mass is 10.1. The molecule has 0 aromatic rings. The molecule has 130 valence electrons. The van der Waals surface area contributed by atoms with Crippen molar-refractivity contribution >= 4 is 6.21 Å². The lowest BCUT2D eigenvalue weighted by Crippen LogP contribution is -2.18. The number of hydrazone groups is 1. The zero-order valence-corrected chi connectivity index (χ0v) is 15.2. The van der Waals surface area contributed by atoms with Crippen molar-refractivity contribution in [2.45, 2.75) is 110 Å². The average Bonchev–Trinajstić information content (AvgIpc) is 2.80. The topological polar surface area (TPSA) is 15.6 Å². The summed E-state index contributed by atoms with van der Waals surface area (Å²) >= 11 is 0. The van der Waals surface area contributed by atoms with Crippen LogP contribution in [-0.2, 0) is 0 Å². The first-order valence-electron chi connectivity index (χ1n) is 10.2. The van der Waals surface area contributed by atoms with E-state index in [2.05, 4.69) is 23.2 Å². The van der Waals surface area contributed by atoms with Crippen LogP contribution in [0.4, 0.5) is 0 Å². The Morgan fingerprint density at radius 2 is 1.18 bits per heavy atom. The molecule has 0 radical (unpaired) electrons. The monoisotopic (exact) mass is 308 g/mol. The van der Waals surface area contributed by atoms with Crippen LogP contribution in [0.3, 0.4) is 0 Å². The Morgan fingerprint density at radius 3 is 1.73 bits per heavy atom. The van der Waals surface area contributed by atoms with Crippen molar-refractivity contribution in [3.8, 4) is 0 Å². The molecule has 1 heterocycles. The molecule has 0 bridgehead atoms. The van der Waals surface area contributed by atoms with E-state index in [0.717, 1.165) is 0 Å². The van der Waals surface area contributed by atoms with E-state index in [1.165, 1.54) is 116 Å². The molecular formula is C20H40N2. The van der Waals surface area contributed by atoms with Crippen LogP contribution in [0.5, 0.6) is 0 Å². The minimum Gasteiger partial charge on any atom is -0.297 e. The molecular weight excluding hydrogens is 268 g/mol. The molecule has 0 spiro atoms. The lowest BCUT2D eigenvalue weighted by molar-refractivity contribution is 0.301. The molecule has 0 amide bonds. The Hall–Kier alpha value is -0.530. The van der Waals surface area contributed by atoms with E-state index in [4.69, 9.17) is 0 Å². The van der Waals surface area contributed by atoms with Crippen LogP contribution < -0.4 is 0 Å². The van der Waals surface area contributed by atoms with Gasteiger partial charge in [0.2, 0.25) is 0 Å². The smallest absolute Gasteiger partial charge is 0.0360 e. The van der Waals surface area contributed by atoms with Crippen LogP contribution in [0.15, 0.2) is 5.10 Å². The van der Waals surface area contributed by atoms with Crippen LogP contribution in [0.2, 0.25) is 0 Å². The Labute approximate surface area is 139 Å². The van der Waals surface area contributed by atoms with E-state index >= 15 is 0 Å². The van der Waals surface area contributed by atoms with Gasteiger partial charge < -0.3 is 0 Å². The third kappa shape index (κ3) is 12.1. The molecule has 0 aromatic carbocycles. The molecule has 2 nitrogen and oxygen atoms in total. The summed E-state index contributed by atoms with van der Waals surface area (Å²) in [7, 11) is 0. The Bertz CT molecular complexity index is 242. The Kier molecular flexibility index (Phi) is 13.6. The first-order valence-corrected chi connectivity index (χ1v) is 10.2. The first kappa shape index (κ1) is 19.5. The number of nitrogens with zero attached hydrogens (tertiary/aromatic N) is 2. The quantitative estimate of drug-likeness (QED) is 0.278.